The zero-order valence-electron chi connectivity index (χ0n) is 22.9. The number of carbonyl (C=O) groups is 2. The molecule has 0 saturated heterocycles. The molecule has 2 unspecified atom stereocenters. The molecule has 0 aliphatic rings. The topological polar surface area (TPSA) is 131 Å². The van der Waals surface area contributed by atoms with Crippen molar-refractivity contribution in [2.45, 2.75) is 110 Å². The molecule has 0 aromatic heterocycles. The number of aliphatic hydroxyl groups is 1. The summed E-state index contributed by atoms with van der Waals surface area (Å²) < 4.78 is 25.9. The van der Waals surface area contributed by atoms with Crippen molar-refractivity contribution < 1.29 is 37.9 Å². The Labute approximate surface area is 223 Å². The lowest BCUT2D eigenvalue weighted by Crippen LogP contribution is -2.25. The van der Waals surface area contributed by atoms with E-state index in [0.717, 1.165) is 38.5 Å². The molecule has 0 rings (SSSR count). The van der Waals surface area contributed by atoms with Gasteiger partial charge in [-0.15, -0.1) is 0 Å². The molecule has 9 nitrogen and oxygen atoms in total. The molecule has 0 aliphatic carbocycles. The first-order valence-electron chi connectivity index (χ1n) is 13.8. The van der Waals surface area contributed by atoms with Crippen molar-refractivity contribution in [1.82, 2.24) is 5.32 Å². The minimum atomic E-state index is -4.36. The summed E-state index contributed by atoms with van der Waals surface area (Å²) >= 11 is 0. The van der Waals surface area contributed by atoms with Crippen LogP contribution in [0.4, 0.5) is 0 Å². The highest BCUT2D eigenvalue weighted by atomic mass is 31.2. The first-order valence-corrected chi connectivity index (χ1v) is 15.3. The lowest BCUT2D eigenvalue weighted by molar-refractivity contribution is -0.147. The number of allylic oxidation sites excluding steroid dienone is 4. The van der Waals surface area contributed by atoms with Gasteiger partial charge in [-0.2, -0.15) is 0 Å². The average Bonchev–Trinajstić information content (AvgIpc) is 2.86. The van der Waals surface area contributed by atoms with E-state index < -0.39 is 26.5 Å². The maximum Gasteiger partial charge on any atom is 0.472 e. The van der Waals surface area contributed by atoms with Gasteiger partial charge in [0.05, 0.1) is 13.2 Å². The second-order valence-corrected chi connectivity index (χ2v) is 10.6. The average molecular weight is 548 g/mol. The van der Waals surface area contributed by atoms with Crippen LogP contribution in [-0.2, 0) is 27.9 Å². The standard InChI is InChI=1S/C27H50NO8P/c1-3-4-5-6-7-8-9-10-11-12-13-14-15-16-17-18-19-20-27(31)34-23-26(30)24-36-37(32,33)35-22-21-28-25(2)29/h7-8,10-11,26,30H,3-6,9,12-24H2,1-2H3,(H,28,29)(H,32,33)/b8-7-,11-10-. The summed E-state index contributed by atoms with van der Waals surface area (Å²) in [7, 11) is -4.36. The minimum absolute atomic E-state index is 0.0541. The molecule has 0 saturated carbocycles. The van der Waals surface area contributed by atoms with Crippen molar-refractivity contribution in [3.8, 4) is 0 Å². The number of carbonyl (C=O) groups excluding carboxylic acids is 2. The van der Waals surface area contributed by atoms with Crippen molar-refractivity contribution in [3.63, 3.8) is 0 Å². The van der Waals surface area contributed by atoms with E-state index in [1.165, 1.54) is 51.9 Å². The Bertz CT molecular complexity index is 683. The second kappa shape index (κ2) is 24.8. The Balaban J connectivity index is 3.56. The van der Waals surface area contributed by atoms with E-state index in [4.69, 9.17) is 4.74 Å². The monoisotopic (exact) mass is 547 g/mol. The molecule has 37 heavy (non-hydrogen) atoms. The van der Waals surface area contributed by atoms with E-state index in [2.05, 4.69) is 45.6 Å². The molecule has 0 radical (unpaired) electrons. The molecule has 0 spiro atoms. The van der Waals surface area contributed by atoms with E-state index in [-0.39, 0.29) is 32.1 Å². The van der Waals surface area contributed by atoms with E-state index in [1.807, 2.05) is 0 Å². The lowest BCUT2D eigenvalue weighted by atomic mass is 10.1. The number of nitrogens with one attached hydrogen (secondary N) is 1. The predicted octanol–water partition coefficient (Wildman–Crippen LogP) is 5.75. The number of aliphatic hydroxyl groups excluding tert-OH is 1. The normalized spacial score (nSPS) is 14.2. The Morgan fingerprint density at radius 1 is 0.865 bits per heavy atom. The fourth-order valence-corrected chi connectivity index (χ4v) is 4.11. The first kappa shape index (κ1) is 35.5. The minimum Gasteiger partial charge on any atom is -0.463 e. The maximum absolute atomic E-state index is 11.8. The molecular weight excluding hydrogens is 497 g/mol. The SMILES string of the molecule is CCCCC/C=C\C/C=C\CCCCCCCCCC(=O)OCC(O)COP(=O)(O)OCCNC(C)=O. The van der Waals surface area contributed by atoms with Crippen LogP contribution in [0.5, 0.6) is 0 Å². The highest BCUT2D eigenvalue weighted by molar-refractivity contribution is 7.47. The summed E-state index contributed by atoms with van der Waals surface area (Å²) in [5.74, 6) is -0.707. The third kappa shape index (κ3) is 27.3. The highest BCUT2D eigenvalue weighted by Crippen LogP contribution is 2.42. The van der Waals surface area contributed by atoms with Crippen LogP contribution in [0.15, 0.2) is 24.3 Å². The van der Waals surface area contributed by atoms with E-state index >= 15 is 0 Å². The zero-order chi connectivity index (χ0) is 27.6. The summed E-state index contributed by atoms with van der Waals surface area (Å²) in [6.45, 7) is 2.53. The van der Waals surface area contributed by atoms with Crippen LogP contribution in [0.1, 0.15) is 104 Å². The number of hydrogen-bond donors (Lipinski definition) is 3. The summed E-state index contributed by atoms with van der Waals surface area (Å²) in [5.41, 5.74) is 0. The third-order valence-corrected chi connectivity index (χ3v) is 6.41. The molecule has 1 amide bonds. The van der Waals surface area contributed by atoms with Crippen molar-refractivity contribution in [2.75, 3.05) is 26.4 Å². The fourth-order valence-electron chi connectivity index (χ4n) is 3.35. The van der Waals surface area contributed by atoms with E-state index in [9.17, 15) is 24.2 Å². The lowest BCUT2D eigenvalue weighted by Gasteiger charge is -2.15. The van der Waals surface area contributed by atoms with Gasteiger partial charge in [0, 0.05) is 19.9 Å². The van der Waals surface area contributed by atoms with Gasteiger partial charge in [-0.05, 0) is 38.5 Å². The second-order valence-electron chi connectivity index (χ2n) is 9.11. The summed E-state index contributed by atoms with van der Waals surface area (Å²) in [6.07, 6.45) is 22.9. The molecule has 0 aromatic rings. The van der Waals surface area contributed by atoms with Crippen LogP contribution in [0.25, 0.3) is 0 Å². The van der Waals surface area contributed by atoms with Gasteiger partial charge in [0.15, 0.2) is 0 Å². The molecule has 0 fully saturated rings. The molecule has 0 aromatic carbocycles. The van der Waals surface area contributed by atoms with Crippen LogP contribution in [0.2, 0.25) is 0 Å². The number of hydrogen-bond acceptors (Lipinski definition) is 7. The molecule has 0 heterocycles. The predicted molar refractivity (Wildman–Crippen MR) is 146 cm³/mol. The summed E-state index contributed by atoms with van der Waals surface area (Å²) in [6, 6.07) is 0. The van der Waals surface area contributed by atoms with Gasteiger partial charge in [-0.1, -0.05) is 76.2 Å². The smallest absolute Gasteiger partial charge is 0.463 e. The van der Waals surface area contributed by atoms with Gasteiger partial charge in [0.25, 0.3) is 0 Å². The number of esters is 1. The molecule has 0 aliphatic heterocycles. The number of phosphoric acid groups is 1. The fraction of sp³-hybridized carbons (Fsp3) is 0.778. The van der Waals surface area contributed by atoms with Gasteiger partial charge in [-0.25, -0.2) is 4.57 Å². The molecule has 0 bridgehead atoms. The van der Waals surface area contributed by atoms with E-state index in [1.54, 1.807) is 0 Å². The van der Waals surface area contributed by atoms with Crippen LogP contribution in [0.3, 0.4) is 0 Å². The Hall–Kier alpha value is -1.51. The quantitative estimate of drug-likeness (QED) is 0.0569. The van der Waals surface area contributed by atoms with Gasteiger partial charge in [0.1, 0.15) is 12.7 Å². The van der Waals surface area contributed by atoms with Crippen molar-refractivity contribution in [2.24, 2.45) is 0 Å². The number of ether oxygens (including phenoxy) is 1. The largest absolute Gasteiger partial charge is 0.472 e. The van der Waals surface area contributed by atoms with E-state index in [0.29, 0.717) is 0 Å². The van der Waals surface area contributed by atoms with Crippen LogP contribution in [-0.4, -0.2) is 54.3 Å². The van der Waals surface area contributed by atoms with Crippen LogP contribution < -0.4 is 5.32 Å². The maximum atomic E-state index is 11.8. The Morgan fingerprint density at radius 3 is 2.08 bits per heavy atom. The molecule has 216 valence electrons. The number of unbranched alkanes of at least 4 members (excludes halogenated alkanes) is 10. The van der Waals surface area contributed by atoms with Gasteiger partial charge < -0.3 is 20.1 Å². The van der Waals surface area contributed by atoms with Crippen molar-refractivity contribution in [1.29, 1.82) is 0 Å². The van der Waals surface area contributed by atoms with Gasteiger partial charge in [-0.3, -0.25) is 18.6 Å². The number of phosphoric ester groups is 1. The van der Waals surface area contributed by atoms with Crippen LogP contribution in [0, 0.1) is 0 Å². The number of rotatable bonds is 25. The van der Waals surface area contributed by atoms with Crippen molar-refractivity contribution in [3.05, 3.63) is 24.3 Å². The highest BCUT2D eigenvalue weighted by Gasteiger charge is 2.23. The summed E-state index contributed by atoms with van der Waals surface area (Å²) in [5, 5.41) is 12.2. The van der Waals surface area contributed by atoms with Gasteiger partial charge in [0.2, 0.25) is 5.91 Å². The molecular formula is C27H50NO8P. The Morgan fingerprint density at radius 2 is 1.46 bits per heavy atom. The number of amides is 1. The van der Waals surface area contributed by atoms with Gasteiger partial charge >= 0.3 is 13.8 Å². The molecule has 3 N–H and O–H groups in total. The summed E-state index contributed by atoms with van der Waals surface area (Å²) in [4.78, 5) is 32.0. The van der Waals surface area contributed by atoms with Crippen LogP contribution >= 0.6 is 7.82 Å². The third-order valence-electron chi connectivity index (χ3n) is 5.43. The zero-order valence-corrected chi connectivity index (χ0v) is 23.8. The molecule has 10 heteroatoms. The molecule has 2 atom stereocenters. The van der Waals surface area contributed by atoms with Crippen molar-refractivity contribution >= 4 is 19.7 Å². The Kier molecular flexibility index (Phi) is 23.8. The first-order chi connectivity index (χ1) is 17.8.